The average Bonchev–Trinajstić information content (AvgIpc) is 2.40. The Morgan fingerprint density at radius 2 is 2.22 bits per heavy atom. The number of nitrogens with one attached hydrogen (secondary N) is 1. The molecule has 18 heavy (non-hydrogen) atoms. The van der Waals surface area contributed by atoms with E-state index in [1.807, 2.05) is 0 Å². The van der Waals surface area contributed by atoms with Crippen LogP contribution in [0.1, 0.15) is 6.42 Å². The quantitative estimate of drug-likeness (QED) is 0.788. The second-order valence-corrected chi connectivity index (χ2v) is 5.01. The number of halogens is 1. The van der Waals surface area contributed by atoms with Crippen LogP contribution in [0.3, 0.4) is 0 Å². The number of aromatic nitrogens is 2. The monoisotopic (exact) mass is 315 g/mol. The van der Waals surface area contributed by atoms with Crippen LogP contribution in [0.2, 0.25) is 0 Å². The predicted molar refractivity (Wildman–Crippen MR) is 74.5 cm³/mol. The number of nitrogens with two attached hydrogens (primary N) is 1. The number of hydrogen-bond acceptors (Lipinski definition) is 6. The molecule has 0 spiro atoms. The Hall–Kier alpha value is -0.920. The minimum absolute atomic E-state index is 0.286. The molecule has 1 aromatic heterocycles. The molecule has 3 N–H and O–H groups in total. The Labute approximate surface area is 115 Å². The summed E-state index contributed by atoms with van der Waals surface area (Å²) in [5, 5.41) is 3.26. The van der Waals surface area contributed by atoms with Gasteiger partial charge >= 0.3 is 0 Å². The van der Waals surface area contributed by atoms with Gasteiger partial charge in [-0.05, 0) is 28.9 Å². The summed E-state index contributed by atoms with van der Waals surface area (Å²) >= 11 is 3.39. The standard InChI is InChI=1S/C11H18BrN5O/c12-9-8-15-11(13)16-10(9)14-2-1-3-17-4-6-18-7-5-17/h8H,1-7H2,(H3,13,14,15,16). The molecule has 2 rings (SSSR count). The summed E-state index contributed by atoms with van der Waals surface area (Å²) in [7, 11) is 0. The number of morpholine rings is 1. The smallest absolute Gasteiger partial charge is 0.221 e. The zero-order valence-corrected chi connectivity index (χ0v) is 11.8. The van der Waals surface area contributed by atoms with Crippen LogP contribution < -0.4 is 11.1 Å². The summed E-state index contributed by atoms with van der Waals surface area (Å²) in [4.78, 5) is 10.4. The van der Waals surface area contributed by atoms with Crippen molar-refractivity contribution in [2.45, 2.75) is 6.42 Å². The van der Waals surface area contributed by atoms with E-state index >= 15 is 0 Å². The molecule has 0 aliphatic carbocycles. The maximum atomic E-state index is 5.54. The highest BCUT2D eigenvalue weighted by Gasteiger charge is 2.09. The first-order chi connectivity index (χ1) is 8.75. The summed E-state index contributed by atoms with van der Waals surface area (Å²) in [6, 6.07) is 0. The van der Waals surface area contributed by atoms with Crippen molar-refractivity contribution in [3.8, 4) is 0 Å². The number of rotatable bonds is 5. The summed E-state index contributed by atoms with van der Waals surface area (Å²) in [6.45, 7) is 5.71. The Morgan fingerprint density at radius 1 is 1.44 bits per heavy atom. The number of nitrogens with zero attached hydrogens (tertiary/aromatic N) is 3. The minimum atomic E-state index is 0.286. The highest BCUT2D eigenvalue weighted by Crippen LogP contribution is 2.18. The lowest BCUT2D eigenvalue weighted by Gasteiger charge is -2.26. The van der Waals surface area contributed by atoms with E-state index in [0.29, 0.717) is 0 Å². The molecule has 0 aromatic carbocycles. The molecule has 7 heteroatoms. The second kappa shape index (κ2) is 6.86. The predicted octanol–water partition coefficient (Wildman–Crippen LogP) is 0.955. The Morgan fingerprint density at radius 3 is 3.00 bits per heavy atom. The lowest BCUT2D eigenvalue weighted by atomic mass is 10.3. The van der Waals surface area contributed by atoms with Crippen LogP contribution in [0.15, 0.2) is 10.7 Å². The lowest BCUT2D eigenvalue weighted by Crippen LogP contribution is -2.37. The van der Waals surface area contributed by atoms with E-state index in [1.54, 1.807) is 6.20 Å². The van der Waals surface area contributed by atoms with Gasteiger partial charge in [0.1, 0.15) is 5.82 Å². The molecule has 0 amide bonds. The van der Waals surface area contributed by atoms with Gasteiger partial charge in [0, 0.05) is 25.8 Å². The first kappa shape index (κ1) is 13.5. The van der Waals surface area contributed by atoms with Gasteiger partial charge in [0.15, 0.2) is 0 Å². The third-order valence-electron chi connectivity index (χ3n) is 2.81. The van der Waals surface area contributed by atoms with Crippen LogP contribution in [-0.4, -0.2) is 54.3 Å². The molecule has 1 fully saturated rings. The van der Waals surface area contributed by atoms with Crippen LogP contribution in [-0.2, 0) is 4.74 Å². The van der Waals surface area contributed by atoms with Gasteiger partial charge in [-0.1, -0.05) is 0 Å². The van der Waals surface area contributed by atoms with Crippen LogP contribution >= 0.6 is 15.9 Å². The van der Waals surface area contributed by atoms with Crippen LogP contribution in [0.4, 0.5) is 11.8 Å². The van der Waals surface area contributed by atoms with E-state index in [1.165, 1.54) is 0 Å². The molecule has 2 heterocycles. The molecule has 0 unspecified atom stereocenters. The molecule has 1 aliphatic rings. The van der Waals surface area contributed by atoms with Gasteiger partial charge in [0.25, 0.3) is 0 Å². The van der Waals surface area contributed by atoms with Crippen molar-refractivity contribution in [2.24, 2.45) is 0 Å². The molecule has 1 saturated heterocycles. The zero-order valence-electron chi connectivity index (χ0n) is 10.2. The molecule has 6 nitrogen and oxygen atoms in total. The fourth-order valence-electron chi connectivity index (χ4n) is 1.84. The largest absolute Gasteiger partial charge is 0.379 e. The normalized spacial score (nSPS) is 16.7. The SMILES string of the molecule is Nc1ncc(Br)c(NCCCN2CCOCC2)n1. The topological polar surface area (TPSA) is 76.3 Å². The zero-order chi connectivity index (χ0) is 12.8. The first-order valence-corrected chi connectivity index (χ1v) is 6.87. The highest BCUT2D eigenvalue weighted by atomic mass is 79.9. The number of ether oxygens (including phenoxy) is 1. The van der Waals surface area contributed by atoms with Gasteiger partial charge in [-0.2, -0.15) is 4.98 Å². The average molecular weight is 316 g/mol. The summed E-state index contributed by atoms with van der Waals surface area (Å²) in [5.41, 5.74) is 5.54. The Balaban J connectivity index is 1.69. The third-order valence-corrected chi connectivity index (χ3v) is 3.39. The Kier molecular flexibility index (Phi) is 5.15. The van der Waals surface area contributed by atoms with E-state index in [-0.39, 0.29) is 5.95 Å². The molecular weight excluding hydrogens is 298 g/mol. The Bertz CT molecular complexity index is 384. The molecule has 100 valence electrons. The van der Waals surface area contributed by atoms with E-state index in [0.717, 1.165) is 56.1 Å². The van der Waals surface area contributed by atoms with Gasteiger partial charge in [-0.3, -0.25) is 4.90 Å². The first-order valence-electron chi connectivity index (χ1n) is 6.07. The fraction of sp³-hybridized carbons (Fsp3) is 0.636. The van der Waals surface area contributed by atoms with E-state index in [2.05, 4.69) is 36.1 Å². The summed E-state index contributed by atoms with van der Waals surface area (Å²) < 4.78 is 6.15. The summed E-state index contributed by atoms with van der Waals surface area (Å²) in [5.74, 6) is 1.04. The van der Waals surface area contributed by atoms with Gasteiger partial charge in [-0.15, -0.1) is 0 Å². The number of hydrogen-bond donors (Lipinski definition) is 2. The molecule has 0 atom stereocenters. The van der Waals surface area contributed by atoms with Crippen LogP contribution in [0, 0.1) is 0 Å². The van der Waals surface area contributed by atoms with Gasteiger partial charge in [0.05, 0.1) is 17.7 Å². The number of anilines is 2. The van der Waals surface area contributed by atoms with Crippen LogP contribution in [0.5, 0.6) is 0 Å². The van der Waals surface area contributed by atoms with E-state index in [9.17, 15) is 0 Å². The van der Waals surface area contributed by atoms with Gasteiger partial charge < -0.3 is 15.8 Å². The van der Waals surface area contributed by atoms with Crippen molar-refractivity contribution in [3.05, 3.63) is 10.7 Å². The summed E-state index contributed by atoms with van der Waals surface area (Å²) in [6.07, 6.45) is 2.73. The van der Waals surface area contributed by atoms with E-state index in [4.69, 9.17) is 10.5 Å². The van der Waals surface area contributed by atoms with E-state index < -0.39 is 0 Å². The fourth-order valence-corrected chi connectivity index (χ4v) is 2.17. The highest BCUT2D eigenvalue weighted by molar-refractivity contribution is 9.10. The molecule has 1 aromatic rings. The van der Waals surface area contributed by atoms with Crippen molar-refractivity contribution < 1.29 is 4.74 Å². The number of nitrogen functional groups attached to an aromatic ring is 1. The van der Waals surface area contributed by atoms with Gasteiger partial charge in [-0.25, -0.2) is 4.98 Å². The molecule has 0 radical (unpaired) electrons. The minimum Gasteiger partial charge on any atom is -0.379 e. The third kappa shape index (κ3) is 4.08. The molecule has 0 saturated carbocycles. The lowest BCUT2D eigenvalue weighted by molar-refractivity contribution is 0.0378. The van der Waals surface area contributed by atoms with Gasteiger partial charge in [0.2, 0.25) is 5.95 Å². The maximum Gasteiger partial charge on any atom is 0.221 e. The molecule has 0 bridgehead atoms. The molecule has 1 aliphatic heterocycles. The van der Waals surface area contributed by atoms with Crippen LogP contribution in [0.25, 0.3) is 0 Å². The van der Waals surface area contributed by atoms with Crippen molar-refractivity contribution in [1.29, 1.82) is 0 Å². The van der Waals surface area contributed by atoms with Crippen molar-refractivity contribution in [1.82, 2.24) is 14.9 Å². The maximum absolute atomic E-state index is 5.54. The van der Waals surface area contributed by atoms with Crippen molar-refractivity contribution >= 4 is 27.7 Å². The van der Waals surface area contributed by atoms with Crippen molar-refractivity contribution in [2.75, 3.05) is 50.4 Å². The van der Waals surface area contributed by atoms with Crippen molar-refractivity contribution in [3.63, 3.8) is 0 Å². The second-order valence-electron chi connectivity index (χ2n) is 4.16. The molecular formula is C11H18BrN5O.